The van der Waals surface area contributed by atoms with Crippen LogP contribution in [0.15, 0.2) is 17.5 Å². The highest BCUT2D eigenvalue weighted by Crippen LogP contribution is 2.14. The van der Waals surface area contributed by atoms with Crippen molar-refractivity contribution in [3.8, 4) is 0 Å². The Bertz CT molecular complexity index is 639. The molecule has 1 aliphatic heterocycles. The van der Waals surface area contributed by atoms with Gasteiger partial charge in [-0.25, -0.2) is 8.42 Å². The van der Waals surface area contributed by atoms with Crippen LogP contribution >= 0.6 is 11.3 Å². The maximum atomic E-state index is 12.7. The summed E-state index contributed by atoms with van der Waals surface area (Å²) in [7, 11) is -3.04. The van der Waals surface area contributed by atoms with E-state index in [1.165, 1.54) is 11.3 Å². The summed E-state index contributed by atoms with van der Waals surface area (Å²) in [5.41, 5.74) is 0. The number of thiophene rings is 1. The zero-order valence-electron chi connectivity index (χ0n) is 13.3. The Labute approximate surface area is 140 Å². The molecule has 1 N–H and O–H groups in total. The summed E-state index contributed by atoms with van der Waals surface area (Å²) in [5, 5.41) is 4.61. The topological polar surface area (TPSA) is 83.6 Å². The monoisotopic (exact) mass is 358 g/mol. The predicted octanol–water partition coefficient (Wildman–Crippen LogP) is 1.15. The molecule has 0 radical (unpaired) electrons. The molecule has 1 saturated heterocycles. The first-order valence-corrected chi connectivity index (χ1v) is 10.3. The van der Waals surface area contributed by atoms with E-state index in [4.69, 9.17) is 0 Å². The molecule has 0 spiro atoms. The average Bonchev–Trinajstić information content (AvgIpc) is 2.99. The first-order chi connectivity index (χ1) is 10.8. The fourth-order valence-electron chi connectivity index (χ4n) is 2.48. The summed E-state index contributed by atoms with van der Waals surface area (Å²) in [5.74, 6) is -0.235. The van der Waals surface area contributed by atoms with Crippen molar-refractivity contribution in [3.05, 3.63) is 22.4 Å². The molecule has 2 amide bonds. The summed E-state index contributed by atoms with van der Waals surface area (Å²) >= 11 is 1.32. The summed E-state index contributed by atoms with van der Waals surface area (Å²) in [6.07, 6.45) is 0.527. The molecule has 2 rings (SSSR count). The van der Waals surface area contributed by atoms with Crippen molar-refractivity contribution in [1.29, 1.82) is 0 Å². The van der Waals surface area contributed by atoms with Crippen molar-refractivity contribution >= 4 is 33.0 Å². The van der Waals surface area contributed by atoms with E-state index in [2.05, 4.69) is 5.32 Å². The smallest absolute Gasteiger partial charge is 0.261 e. The van der Waals surface area contributed by atoms with E-state index in [0.717, 1.165) is 0 Å². The van der Waals surface area contributed by atoms with E-state index in [1.807, 2.05) is 19.2 Å². The maximum Gasteiger partial charge on any atom is 0.261 e. The van der Waals surface area contributed by atoms with Gasteiger partial charge in [0.2, 0.25) is 5.91 Å². The van der Waals surface area contributed by atoms with Crippen LogP contribution in [0, 0.1) is 5.92 Å². The molecule has 0 saturated carbocycles. The van der Waals surface area contributed by atoms with Gasteiger partial charge in [0.05, 0.1) is 16.4 Å². The lowest BCUT2D eigenvalue weighted by Crippen LogP contribution is -2.53. The third-order valence-electron chi connectivity index (χ3n) is 3.71. The van der Waals surface area contributed by atoms with Gasteiger partial charge in [0.1, 0.15) is 6.04 Å². The minimum absolute atomic E-state index is 0.00793. The molecule has 2 heterocycles. The Morgan fingerprint density at radius 3 is 2.48 bits per heavy atom. The Balaban J connectivity index is 2.05. The molecule has 1 aromatic heterocycles. The van der Waals surface area contributed by atoms with Gasteiger partial charge in [0.15, 0.2) is 9.84 Å². The Kier molecular flexibility index (Phi) is 5.80. The Hall–Kier alpha value is -1.41. The number of rotatable bonds is 5. The molecular weight excluding hydrogens is 336 g/mol. The minimum Gasteiger partial charge on any atom is -0.340 e. The number of hydrogen-bond donors (Lipinski definition) is 1. The van der Waals surface area contributed by atoms with Gasteiger partial charge in [0, 0.05) is 13.1 Å². The van der Waals surface area contributed by atoms with Crippen LogP contribution < -0.4 is 5.32 Å². The molecule has 1 fully saturated rings. The number of sulfone groups is 1. The molecule has 1 aliphatic rings. The van der Waals surface area contributed by atoms with Gasteiger partial charge in [-0.3, -0.25) is 9.59 Å². The number of nitrogens with zero attached hydrogens (tertiary/aromatic N) is 1. The lowest BCUT2D eigenvalue weighted by Gasteiger charge is -2.31. The SMILES string of the molecule is CC(C)C[C@@H](NC(=O)c1cccs1)C(=O)N1CCS(=O)(=O)CC1. The van der Waals surface area contributed by atoms with Gasteiger partial charge in [-0.05, 0) is 23.8 Å². The zero-order chi connectivity index (χ0) is 17.0. The summed E-state index contributed by atoms with van der Waals surface area (Å²) in [6, 6.07) is 2.88. The van der Waals surface area contributed by atoms with E-state index in [9.17, 15) is 18.0 Å². The van der Waals surface area contributed by atoms with E-state index >= 15 is 0 Å². The van der Waals surface area contributed by atoms with E-state index < -0.39 is 15.9 Å². The maximum absolute atomic E-state index is 12.7. The highest BCUT2D eigenvalue weighted by atomic mass is 32.2. The molecule has 6 nitrogen and oxygen atoms in total. The minimum atomic E-state index is -3.04. The molecule has 0 unspecified atom stereocenters. The normalized spacial score (nSPS) is 18.7. The predicted molar refractivity (Wildman–Crippen MR) is 90.3 cm³/mol. The van der Waals surface area contributed by atoms with Crippen LogP contribution in [0.2, 0.25) is 0 Å². The standard InChI is InChI=1S/C15H22N2O4S2/c1-11(2)10-12(16-14(18)13-4-3-7-22-13)15(19)17-5-8-23(20,21)9-6-17/h3-4,7,11-12H,5-6,8-10H2,1-2H3,(H,16,18)/t12-/m1/s1. The van der Waals surface area contributed by atoms with E-state index in [1.54, 1.807) is 17.0 Å². The quantitative estimate of drug-likeness (QED) is 0.856. The fraction of sp³-hybridized carbons (Fsp3) is 0.600. The van der Waals surface area contributed by atoms with Gasteiger partial charge in [-0.2, -0.15) is 0 Å². The number of hydrogen-bond acceptors (Lipinski definition) is 5. The van der Waals surface area contributed by atoms with Crippen molar-refractivity contribution in [2.45, 2.75) is 26.3 Å². The van der Waals surface area contributed by atoms with Crippen molar-refractivity contribution in [2.24, 2.45) is 5.92 Å². The number of carbonyl (C=O) groups excluding carboxylic acids is 2. The first-order valence-electron chi connectivity index (χ1n) is 7.62. The molecule has 1 atom stereocenters. The van der Waals surface area contributed by atoms with Crippen molar-refractivity contribution < 1.29 is 18.0 Å². The highest BCUT2D eigenvalue weighted by Gasteiger charge is 2.31. The van der Waals surface area contributed by atoms with Crippen LogP contribution in [-0.4, -0.2) is 55.8 Å². The van der Waals surface area contributed by atoms with Gasteiger partial charge < -0.3 is 10.2 Å². The van der Waals surface area contributed by atoms with E-state index in [-0.39, 0.29) is 42.3 Å². The number of carbonyl (C=O) groups is 2. The zero-order valence-corrected chi connectivity index (χ0v) is 15.0. The van der Waals surface area contributed by atoms with Gasteiger partial charge in [0.25, 0.3) is 5.91 Å². The largest absolute Gasteiger partial charge is 0.340 e. The molecule has 128 valence electrons. The molecule has 8 heteroatoms. The number of nitrogens with one attached hydrogen (secondary N) is 1. The van der Waals surface area contributed by atoms with Crippen LogP contribution in [0.1, 0.15) is 29.9 Å². The van der Waals surface area contributed by atoms with Gasteiger partial charge >= 0.3 is 0 Å². The van der Waals surface area contributed by atoms with Crippen LogP contribution in [0.5, 0.6) is 0 Å². The van der Waals surface area contributed by atoms with Crippen molar-refractivity contribution in [2.75, 3.05) is 24.6 Å². The second kappa shape index (κ2) is 7.44. The van der Waals surface area contributed by atoms with Crippen LogP contribution in [-0.2, 0) is 14.6 Å². The fourth-order valence-corrected chi connectivity index (χ4v) is 4.31. The summed E-state index contributed by atoms with van der Waals surface area (Å²) < 4.78 is 23.0. The highest BCUT2D eigenvalue weighted by molar-refractivity contribution is 7.91. The second-order valence-corrected chi connectivity index (χ2v) is 9.36. The second-order valence-electron chi connectivity index (χ2n) is 6.11. The lowest BCUT2D eigenvalue weighted by atomic mass is 10.0. The van der Waals surface area contributed by atoms with Crippen molar-refractivity contribution in [3.63, 3.8) is 0 Å². The molecule has 1 aromatic rings. The Morgan fingerprint density at radius 2 is 1.96 bits per heavy atom. The van der Waals surface area contributed by atoms with Crippen LogP contribution in [0.25, 0.3) is 0 Å². The Morgan fingerprint density at radius 1 is 1.30 bits per heavy atom. The van der Waals surface area contributed by atoms with Crippen molar-refractivity contribution in [1.82, 2.24) is 10.2 Å². The number of amides is 2. The van der Waals surface area contributed by atoms with Crippen LogP contribution in [0.3, 0.4) is 0 Å². The molecule has 0 aromatic carbocycles. The first kappa shape index (κ1) is 17.9. The van der Waals surface area contributed by atoms with E-state index in [0.29, 0.717) is 11.3 Å². The molecule has 0 aliphatic carbocycles. The average molecular weight is 358 g/mol. The lowest BCUT2D eigenvalue weighted by molar-refractivity contribution is -0.133. The third kappa shape index (κ3) is 5.04. The molecule has 23 heavy (non-hydrogen) atoms. The van der Waals surface area contributed by atoms with Gasteiger partial charge in [-0.15, -0.1) is 11.3 Å². The van der Waals surface area contributed by atoms with Gasteiger partial charge in [-0.1, -0.05) is 19.9 Å². The van der Waals surface area contributed by atoms with Crippen LogP contribution in [0.4, 0.5) is 0 Å². The molecular formula is C15H22N2O4S2. The molecule has 0 bridgehead atoms. The summed E-state index contributed by atoms with van der Waals surface area (Å²) in [6.45, 7) is 4.37. The summed E-state index contributed by atoms with van der Waals surface area (Å²) in [4.78, 5) is 27.0. The third-order valence-corrected chi connectivity index (χ3v) is 6.19.